The topological polar surface area (TPSA) is 66.4 Å². The number of hydrogen-bond donors (Lipinski definition) is 2. The van der Waals surface area contributed by atoms with Gasteiger partial charge in [0.15, 0.2) is 0 Å². The minimum absolute atomic E-state index is 0.0179. The Hall–Kier alpha value is -2.62. The lowest BCUT2D eigenvalue weighted by molar-refractivity contribution is -0.119. The van der Waals surface area contributed by atoms with E-state index >= 15 is 0 Å². The summed E-state index contributed by atoms with van der Waals surface area (Å²) in [5, 5.41) is 12.0. The number of carbonyl (C=O) groups excluding carboxylic acids is 1. The molecule has 2 N–H and O–H groups in total. The molecule has 2 aromatic rings. The number of fused-ring (bicyclic) bond motifs is 1. The van der Waals surface area contributed by atoms with Crippen LogP contribution in [0.15, 0.2) is 36.4 Å². The van der Waals surface area contributed by atoms with Crippen molar-refractivity contribution in [1.82, 2.24) is 0 Å². The molecule has 0 fully saturated rings. The zero-order valence-corrected chi connectivity index (χ0v) is 12.7. The van der Waals surface area contributed by atoms with Crippen molar-refractivity contribution in [1.29, 1.82) is 0 Å². The van der Waals surface area contributed by atoms with Crippen molar-refractivity contribution < 1.29 is 14.7 Å². The van der Waals surface area contributed by atoms with Gasteiger partial charge in [-0.2, -0.15) is 0 Å². The first-order valence-electron chi connectivity index (χ1n) is 7.11. The molecule has 1 amide bonds. The van der Waals surface area contributed by atoms with Crippen LogP contribution in [0.1, 0.15) is 35.3 Å². The van der Waals surface area contributed by atoms with E-state index < -0.39 is 11.4 Å². The number of nitrogens with one attached hydrogen (secondary N) is 1. The fourth-order valence-corrected chi connectivity index (χ4v) is 2.83. The number of amides is 1. The summed E-state index contributed by atoms with van der Waals surface area (Å²) in [6.07, 6.45) is 0. The quantitative estimate of drug-likeness (QED) is 0.889. The summed E-state index contributed by atoms with van der Waals surface area (Å²) in [4.78, 5) is 23.2. The Kier molecular flexibility index (Phi) is 3.06. The van der Waals surface area contributed by atoms with Crippen LogP contribution in [0.5, 0.6) is 0 Å². The number of aromatic carboxylic acids is 1. The van der Waals surface area contributed by atoms with Gasteiger partial charge in [0.05, 0.1) is 11.0 Å². The van der Waals surface area contributed by atoms with Crippen molar-refractivity contribution in [2.45, 2.75) is 26.2 Å². The van der Waals surface area contributed by atoms with Gasteiger partial charge in [0.2, 0.25) is 5.91 Å². The monoisotopic (exact) mass is 295 g/mol. The molecule has 1 aliphatic rings. The van der Waals surface area contributed by atoms with E-state index in [9.17, 15) is 9.59 Å². The van der Waals surface area contributed by atoms with Crippen LogP contribution in [0.3, 0.4) is 0 Å². The van der Waals surface area contributed by atoms with E-state index in [-0.39, 0.29) is 11.5 Å². The van der Waals surface area contributed by atoms with Crippen molar-refractivity contribution in [3.63, 3.8) is 0 Å². The SMILES string of the molecule is Cc1ccc(C(=O)O)cc1-c1ccc2c(c1)NC(=O)C2(C)C. The van der Waals surface area contributed by atoms with E-state index in [4.69, 9.17) is 5.11 Å². The van der Waals surface area contributed by atoms with Crippen molar-refractivity contribution >= 4 is 17.6 Å². The molecule has 0 aromatic heterocycles. The molecule has 0 radical (unpaired) electrons. The van der Waals surface area contributed by atoms with Crippen molar-refractivity contribution in [3.05, 3.63) is 53.1 Å². The standard InChI is InChI=1S/C18H17NO3/c1-10-4-5-12(16(20)21)8-13(10)11-6-7-14-15(9-11)19-17(22)18(14,2)3/h4-9H,1-3H3,(H,19,22)(H,20,21). The smallest absolute Gasteiger partial charge is 0.335 e. The number of rotatable bonds is 2. The number of hydrogen-bond acceptors (Lipinski definition) is 2. The number of benzene rings is 2. The number of carbonyl (C=O) groups is 2. The highest BCUT2D eigenvalue weighted by molar-refractivity contribution is 6.06. The van der Waals surface area contributed by atoms with Crippen LogP contribution in [0.4, 0.5) is 5.69 Å². The number of aryl methyl sites for hydroxylation is 1. The second-order valence-electron chi connectivity index (χ2n) is 6.17. The molecule has 112 valence electrons. The fraction of sp³-hybridized carbons (Fsp3) is 0.222. The van der Waals surface area contributed by atoms with Crippen LogP contribution in [-0.4, -0.2) is 17.0 Å². The zero-order chi connectivity index (χ0) is 16.1. The third kappa shape index (κ3) is 2.08. The Balaban J connectivity index is 2.13. The van der Waals surface area contributed by atoms with E-state index in [0.717, 1.165) is 27.9 Å². The molecular weight excluding hydrogens is 278 g/mol. The van der Waals surface area contributed by atoms with E-state index in [0.29, 0.717) is 0 Å². The Labute approximate surface area is 128 Å². The van der Waals surface area contributed by atoms with Crippen molar-refractivity contribution in [3.8, 4) is 11.1 Å². The molecule has 0 unspecified atom stereocenters. The van der Waals surface area contributed by atoms with Gasteiger partial charge in [-0.05, 0) is 61.2 Å². The highest BCUT2D eigenvalue weighted by atomic mass is 16.4. The summed E-state index contributed by atoms with van der Waals surface area (Å²) in [7, 11) is 0. The summed E-state index contributed by atoms with van der Waals surface area (Å²) in [6.45, 7) is 5.73. The third-order valence-corrected chi connectivity index (χ3v) is 4.30. The first kappa shape index (κ1) is 14.3. The van der Waals surface area contributed by atoms with Gasteiger partial charge in [-0.25, -0.2) is 4.79 Å². The lowest BCUT2D eigenvalue weighted by Gasteiger charge is -2.15. The van der Waals surface area contributed by atoms with E-state index in [1.54, 1.807) is 18.2 Å². The largest absolute Gasteiger partial charge is 0.478 e. The summed E-state index contributed by atoms with van der Waals surface area (Å²) >= 11 is 0. The molecule has 0 bridgehead atoms. The Morgan fingerprint density at radius 3 is 2.55 bits per heavy atom. The van der Waals surface area contributed by atoms with Crippen LogP contribution in [0.2, 0.25) is 0 Å². The van der Waals surface area contributed by atoms with Gasteiger partial charge >= 0.3 is 5.97 Å². The Morgan fingerprint density at radius 1 is 1.14 bits per heavy atom. The molecule has 2 aromatic carbocycles. The highest BCUT2D eigenvalue weighted by Crippen LogP contribution is 2.39. The summed E-state index contributed by atoms with van der Waals surface area (Å²) < 4.78 is 0. The average Bonchev–Trinajstić information content (AvgIpc) is 2.69. The second kappa shape index (κ2) is 4.70. The molecule has 4 nitrogen and oxygen atoms in total. The van der Waals surface area contributed by atoms with Crippen molar-refractivity contribution in [2.75, 3.05) is 5.32 Å². The van der Waals surface area contributed by atoms with E-state index in [2.05, 4.69) is 5.32 Å². The molecule has 4 heteroatoms. The van der Waals surface area contributed by atoms with Gasteiger partial charge in [0, 0.05) is 5.69 Å². The lowest BCUT2D eigenvalue weighted by atomic mass is 9.85. The first-order chi connectivity index (χ1) is 10.3. The predicted molar refractivity (Wildman–Crippen MR) is 85.2 cm³/mol. The van der Waals surface area contributed by atoms with Crippen LogP contribution < -0.4 is 5.32 Å². The molecule has 0 saturated heterocycles. The van der Waals surface area contributed by atoms with Crippen LogP contribution in [-0.2, 0) is 10.2 Å². The zero-order valence-electron chi connectivity index (χ0n) is 12.7. The normalized spacial score (nSPS) is 15.3. The maximum atomic E-state index is 12.0. The van der Waals surface area contributed by atoms with Gasteiger partial charge < -0.3 is 10.4 Å². The van der Waals surface area contributed by atoms with Gasteiger partial charge in [0.1, 0.15) is 0 Å². The van der Waals surface area contributed by atoms with Crippen LogP contribution >= 0.6 is 0 Å². The highest BCUT2D eigenvalue weighted by Gasteiger charge is 2.38. The number of carboxylic acid groups (broad SMARTS) is 1. The third-order valence-electron chi connectivity index (χ3n) is 4.30. The summed E-state index contributed by atoms with van der Waals surface area (Å²) in [5.74, 6) is -0.965. The lowest BCUT2D eigenvalue weighted by Crippen LogP contribution is -2.26. The maximum Gasteiger partial charge on any atom is 0.335 e. The molecule has 0 saturated carbocycles. The molecule has 1 heterocycles. The van der Waals surface area contributed by atoms with Crippen molar-refractivity contribution in [2.24, 2.45) is 0 Å². The second-order valence-corrected chi connectivity index (χ2v) is 6.17. The Morgan fingerprint density at radius 2 is 1.86 bits per heavy atom. The molecule has 1 aliphatic heterocycles. The molecule has 3 rings (SSSR count). The predicted octanol–water partition coefficient (Wildman–Crippen LogP) is 3.59. The maximum absolute atomic E-state index is 12.0. The van der Waals surface area contributed by atoms with Crippen LogP contribution in [0, 0.1) is 6.92 Å². The number of carboxylic acids is 1. The van der Waals surface area contributed by atoms with E-state index in [1.165, 1.54) is 0 Å². The summed E-state index contributed by atoms with van der Waals surface area (Å²) in [5.41, 5.74) is 4.24. The average molecular weight is 295 g/mol. The minimum Gasteiger partial charge on any atom is -0.478 e. The fourth-order valence-electron chi connectivity index (χ4n) is 2.83. The number of anilines is 1. The van der Waals surface area contributed by atoms with Gasteiger partial charge in [-0.3, -0.25) is 4.79 Å². The molecule has 0 atom stereocenters. The Bertz CT molecular complexity index is 806. The first-order valence-corrected chi connectivity index (χ1v) is 7.11. The van der Waals surface area contributed by atoms with Gasteiger partial charge in [0.25, 0.3) is 0 Å². The van der Waals surface area contributed by atoms with Crippen LogP contribution in [0.25, 0.3) is 11.1 Å². The molecule has 0 spiro atoms. The summed E-state index contributed by atoms with van der Waals surface area (Å²) in [6, 6.07) is 10.9. The molecule has 22 heavy (non-hydrogen) atoms. The molecular formula is C18H17NO3. The van der Waals surface area contributed by atoms with E-state index in [1.807, 2.05) is 39.0 Å². The molecule has 0 aliphatic carbocycles. The van der Waals surface area contributed by atoms with Gasteiger partial charge in [-0.1, -0.05) is 18.2 Å². The minimum atomic E-state index is -0.947. The van der Waals surface area contributed by atoms with Gasteiger partial charge in [-0.15, -0.1) is 0 Å².